The highest BCUT2D eigenvalue weighted by atomic mass is 16.5. The van der Waals surface area contributed by atoms with Crippen LogP contribution in [0, 0.1) is 0 Å². The lowest BCUT2D eigenvalue weighted by molar-refractivity contribution is -0.144. The van der Waals surface area contributed by atoms with E-state index in [1.165, 1.54) is 6.92 Å². The average Bonchev–Trinajstić information content (AvgIpc) is 2.79. The Morgan fingerprint density at radius 2 is 1.38 bits per heavy atom. The van der Waals surface area contributed by atoms with E-state index in [-0.39, 0.29) is 5.97 Å². The molecule has 0 unspecified atom stereocenters. The molecule has 0 saturated heterocycles. The van der Waals surface area contributed by atoms with Crippen molar-refractivity contribution in [2.75, 3.05) is 14.2 Å². The Kier molecular flexibility index (Phi) is 3.29. The molecule has 1 aliphatic rings. The molecule has 0 fully saturated rings. The minimum absolute atomic E-state index is 0.315. The van der Waals surface area contributed by atoms with Gasteiger partial charge in [-0.2, -0.15) is 0 Å². The second kappa shape index (κ2) is 5.13. The molecule has 108 valence electrons. The van der Waals surface area contributed by atoms with Gasteiger partial charge in [-0.3, -0.25) is 4.79 Å². The zero-order chi connectivity index (χ0) is 15.0. The summed E-state index contributed by atoms with van der Waals surface area (Å²) in [5, 5.41) is 0. The van der Waals surface area contributed by atoms with Crippen molar-refractivity contribution in [1.82, 2.24) is 0 Å². The van der Waals surface area contributed by atoms with Gasteiger partial charge in [-0.15, -0.1) is 0 Å². The van der Waals surface area contributed by atoms with E-state index < -0.39 is 6.10 Å². The Morgan fingerprint density at radius 1 is 0.905 bits per heavy atom. The zero-order valence-electron chi connectivity index (χ0n) is 12.2. The van der Waals surface area contributed by atoms with Gasteiger partial charge >= 0.3 is 5.97 Å². The van der Waals surface area contributed by atoms with E-state index in [1.54, 1.807) is 14.2 Å². The molecule has 0 spiro atoms. The standard InChI is InChI=1S/C17H16O4/c1-10(18)21-17-15-8-11(19-2)4-6-13(15)14-7-5-12(20-3)9-16(14)17/h4-9,17H,1-3H3. The topological polar surface area (TPSA) is 44.8 Å². The van der Waals surface area contributed by atoms with Gasteiger partial charge in [0.2, 0.25) is 0 Å². The van der Waals surface area contributed by atoms with E-state index in [1.807, 2.05) is 36.4 Å². The third-order valence-corrected chi connectivity index (χ3v) is 3.66. The molecule has 4 heteroatoms. The van der Waals surface area contributed by atoms with Crippen molar-refractivity contribution in [1.29, 1.82) is 0 Å². The van der Waals surface area contributed by atoms with Crippen LogP contribution in [-0.2, 0) is 9.53 Å². The minimum Gasteiger partial charge on any atom is -0.497 e. The number of hydrogen-bond acceptors (Lipinski definition) is 4. The largest absolute Gasteiger partial charge is 0.497 e. The second-order valence-electron chi connectivity index (χ2n) is 4.90. The molecule has 21 heavy (non-hydrogen) atoms. The summed E-state index contributed by atoms with van der Waals surface area (Å²) < 4.78 is 16.1. The third-order valence-electron chi connectivity index (χ3n) is 3.66. The highest BCUT2D eigenvalue weighted by molar-refractivity contribution is 5.81. The van der Waals surface area contributed by atoms with E-state index >= 15 is 0 Å². The molecule has 0 heterocycles. The molecule has 1 aliphatic carbocycles. The number of ether oxygens (including phenoxy) is 3. The molecule has 2 aromatic carbocycles. The predicted octanol–water partition coefficient (Wildman–Crippen LogP) is 3.34. The Balaban J connectivity index is 2.17. The van der Waals surface area contributed by atoms with Crippen LogP contribution in [0.4, 0.5) is 0 Å². The van der Waals surface area contributed by atoms with Crippen molar-refractivity contribution in [2.24, 2.45) is 0 Å². The monoisotopic (exact) mass is 284 g/mol. The Morgan fingerprint density at radius 3 is 1.76 bits per heavy atom. The molecular formula is C17H16O4. The van der Waals surface area contributed by atoms with E-state index in [9.17, 15) is 4.79 Å². The highest BCUT2D eigenvalue weighted by Gasteiger charge is 2.31. The summed E-state index contributed by atoms with van der Waals surface area (Å²) in [6, 6.07) is 11.6. The summed E-state index contributed by atoms with van der Waals surface area (Å²) in [5.74, 6) is 1.17. The SMILES string of the molecule is COc1ccc2c(c1)C(OC(C)=O)c1cc(OC)ccc1-2. The first-order valence-electron chi connectivity index (χ1n) is 6.67. The first-order chi connectivity index (χ1) is 10.1. The number of esters is 1. The lowest BCUT2D eigenvalue weighted by Gasteiger charge is -2.14. The maximum absolute atomic E-state index is 11.4. The average molecular weight is 284 g/mol. The zero-order valence-corrected chi connectivity index (χ0v) is 12.2. The predicted molar refractivity (Wildman–Crippen MR) is 78.6 cm³/mol. The van der Waals surface area contributed by atoms with Crippen LogP contribution in [0.25, 0.3) is 11.1 Å². The third kappa shape index (κ3) is 2.23. The van der Waals surface area contributed by atoms with Crippen LogP contribution in [-0.4, -0.2) is 20.2 Å². The van der Waals surface area contributed by atoms with Gasteiger partial charge in [0.05, 0.1) is 14.2 Å². The molecule has 0 N–H and O–H groups in total. The molecule has 3 rings (SSSR count). The van der Waals surface area contributed by atoms with Crippen LogP contribution in [0.15, 0.2) is 36.4 Å². The fourth-order valence-corrected chi connectivity index (χ4v) is 2.72. The van der Waals surface area contributed by atoms with Crippen molar-refractivity contribution in [2.45, 2.75) is 13.0 Å². The molecule has 2 aromatic rings. The summed E-state index contributed by atoms with van der Waals surface area (Å²) in [4.78, 5) is 11.4. The smallest absolute Gasteiger partial charge is 0.303 e. The van der Waals surface area contributed by atoms with E-state index in [0.29, 0.717) is 0 Å². The van der Waals surface area contributed by atoms with Crippen molar-refractivity contribution < 1.29 is 19.0 Å². The van der Waals surface area contributed by atoms with Crippen LogP contribution in [0.2, 0.25) is 0 Å². The fraction of sp³-hybridized carbons (Fsp3) is 0.235. The van der Waals surface area contributed by atoms with Crippen molar-refractivity contribution in [3.8, 4) is 22.6 Å². The molecule has 0 atom stereocenters. The van der Waals surface area contributed by atoms with Crippen LogP contribution >= 0.6 is 0 Å². The first kappa shape index (κ1) is 13.5. The van der Waals surface area contributed by atoms with Crippen molar-refractivity contribution in [3.63, 3.8) is 0 Å². The number of hydrogen-bond donors (Lipinski definition) is 0. The fourth-order valence-electron chi connectivity index (χ4n) is 2.72. The number of rotatable bonds is 3. The molecule has 0 aromatic heterocycles. The minimum atomic E-state index is -0.419. The lowest BCUT2D eigenvalue weighted by Crippen LogP contribution is -2.07. The molecule has 0 aliphatic heterocycles. The lowest BCUT2D eigenvalue weighted by atomic mass is 10.1. The van der Waals surface area contributed by atoms with Gasteiger partial charge in [-0.25, -0.2) is 0 Å². The molecule has 0 saturated carbocycles. The molecule has 0 radical (unpaired) electrons. The van der Waals surface area contributed by atoms with Crippen LogP contribution in [0.3, 0.4) is 0 Å². The van der Waals surface area contributed by atoms with E-state index in [0.717, 1.165) is 33.8 Å². The number of methoxy groups -OCH3 is 2. The maximum atomic E-state index is 11.4. The normalized spacial score (nSPS) is 12.5. The van der Waals surface area contributed by atoms with Gasteiger partial charge in [-0.1, -0.05) is 12.1 Å². The Bertz CT molecular complexity index is 652. The van der Waals surface area contributed by atoms with Crippen LogP contribution < -0.4 is 9.47 Å². The summed E-state index contributed by atoms with van der Waals surface area (Å²) in [6.07, 6.45) is -0.419. The summed E-state index contributed by atoms with van der Waals surface area (Å²) in [7, 11) is 3.24. The summed E-state index contributed by atoms with van der Waals surface area (Å²) in [5.41, 5.74) is 3.99. The Hall–Kier alpha value is -2.49. The van der Waals surface area contributed by atoms with Crippen molar-refractivity contribution in [3.05, 3.63) is 47.5 Å². The second-order valence-corrected chi connectivity index (χ2v) is 4.90. The van der Waals surface area contributed by atoms with E-state index in [2.05, 4.69) is 0 Å². The summed E-state index contributed by atoms with van der Waals surface area (Å²) in [6.45, 7) is 1.41. The van der Waals surface area contributed by atoms with Gasteiger partial charge < -0.3 is 14.2 Å². The number of carbonyl (C=O) groups excluding carboxylic acids is 1. The van der Waals surface area contributed by atoms with Gasteiger partial charge in [0.15, 0.2) is 6.10 Å². The number of carbonyl (C=O) groups is 1. The number of fused-ring (bicyclic) bond motifs is 3. The highest BCUT2D eigenvalue weighted by Crippen LogP contribution is 2.47. The molecule has 4 nitrogen and oxygen atoms in total. The maximum Gasteiger partial charge on any atom is 0.303 e. The Labute approximate surface area is 123 Å². The quantitative estimate of drug-likeness (QED) is 0.811. The summed E-state index contributed by atoms with van der Waals surface area (Å²) >= 11 is 0. The van der Waals surface area contributed by atoms with Gasteiger partial charge in [0.1, 0.15) is 11.5 Å². The van der Waals surface area contributed by atoms with Gasteiger partial charge in [-0.05, 0) is 35.4 Å². The van der Waals surface area contributed by atoms with E-state index in [4.69, 9.17) is 14.2 Å². The molecular weight excluding hydrogens is 268 g/mol. The molecule has 0 bridgehead atoms. The van der Waals surface area contributed by atoms with Gasteiger partial charge in [0, 0.05) is 18.1 Å². The van der Waals surface area contributed by atoms with Crippen molar-refractivity contribution >= 4 is 5.97 Å². The van der Waals surface area contributed by atoms with Crippen LogP contribution in [0.1, 0.15) is 24.2 Å². The molecule has 0 amide bonds. The first-order valence-corrected chi connectivity index (χ1v) is 6.67. The van der Waals surface area contributed by atoms with Gasteiger partial charge in [0.25, 0.3) is 0 Å². The number of benzene rings is 2. The van der Waals surface area contributed by atoms with Crippen LogP contribution in [0.5, 0.6) is 11.5 Å².